The smallest absolute Gasteiger partial charge is 0.160 e. The fourth-order valence-electron chi connectivity index (χ4n) is 11.1. The van der Waals surface area contributed by atoms with Gasteiger partial charge >= 0.3 is 0 Å². The van der Waals surface area contributed by atoms with Gasteiger partial charge in [0, 0.05) is 66.8 Å². The van der Waals surface area contributed by atoms with Crippen molar-refractivity contribution in [3.63, 3.8) is 0 Å². The van der Waals surface area contributed by atoms with Gasteiger partial charge in [-0.2, -0.15) is 0 Å². The highest BCUT2D eigenvalue weighted by atomic mass is 15.2. The lowest BCUT2D eigenvalue weighted by Crippen LogP contribution is -2.12. The molecule has 0 fully saturated rings. The highest BCUT2D eigenvalue weighted by Gasteiger charge is 2.21. The number of hydrogen-bond donors (Lipinski definition) is 0. The second kappa shape index (κ2) is 19.5. The molecule has 0 saturated heterocycles. The Morgan fingerprint density at radius 1 is 0.273 bits per heavy atom. The predicted octanol–water partition coefficient (Wildman–Crippen LogP) is 19.5. The molecule has 0 spiro atoms. The lowest BCUT2D eigenvalue weighted by atomic mass is 9.99. The molecule has 5 nitrogen and oxygen atoms in total. The predicted molar refractivity (Wildman–Crippen MR) is 322 cm³/mol. The van der Waals surface area contributed by atoms with Crippen LogP contribution in [0, 0.1) is 0 Å². The van der Waals surface area contributed by atoms with Crippen molar-refractivity contribution in [1.29, 1.82) is 0 Å². The van der Waals surface area contributed by atoms with Crippen molar-refractivity contribution in [2.24, 2.45) is 0 Å². The lowest BCUT2D eigenvalue weighted by Gasteiger charge is -2.29. The molecule has 14 aromatic rings. The van der Waals surface area contributed by atoms with Gasteiger partial charge in [-0.15, -0.1) is 0 Å². The average molecular weight is 984 g/mol. The summed E-state index contributed by atoms with van der Waals surface area (Å²) in [6, 6.07) is 106. The van der Waals surface area contributed by atoms with Gasteiger partial charge in [-0.25, -0.2) is 9.97 Å². The molecule has 12 aromatic carbocycles. The summed E-state index contributed by atoms with van der Waals surface area (Å²) in [6.45, 7) is 0. The van der Waals surface area contributed by atoms with Gasteiger partial charge in [0.1, 0.15) is 0 Å². The third-order valence-electron chi connectivity index (χ3n) is 14.7. The van der Waals surface area contributed by atoms with Crippen LogP contribution >= 0.6 is 0 Å². The van der Waals surface area contributed by atoms with Crippen molar-refractivity contribution in [2.75, 3.05) is 9.80 Å². The van der Waals surface area contributed by atoms with E-state index in [0.29, 0.717) is 5.82 Å². The number of benzene rings is 12. The van der Waals surface area contributed by atoms with Gasteiger partial charge < -0.3 is 14.4 Å². The Labute approximate surface area is 447 Å². The molecule has 0 radical (unpaired) electrons. The number of nitrogens with zero attached hydrogens (tertiary/aromatic N) is 5. The molecule has 0 atom stereocenters. The van der Waals surface area contributed by atoms with E-state index < -0.39 is 0 Å². The van der Waals surface area contributed by atoms with E-state index in [1.54, 1.807) is 0 Å². The summed E-state index contributed by atoms with van der Waals surface area (Å²) < 4.78 is 2.42. The summed E-state index contributed by atoms with van der Waals surface area (Å²) in [5.74, 6) is 0.690. The molecular weight excluding hydrogens is 935 g/mol. The van der Waals surface area contributed by atoms with Gasteiger partial charge in [-0.05, 0) is 125 Å². The monoisotopic (exact) mass is 983 g/mol. The van der Waals surface area contributed by atoms with E-state index >= 15 is 0 Å². The fraction of sp³-hybridized carbons (Fsp3) is 0. The molecule has 0 amide bonds. The molecule has 362 valence electrons. The van der Waals surface area contributed by atoms with E-state index in [-0.39, 0.29) is 0 Å². The first-order chi connectivity index (χ1) is 38.2. The van der Waals surface area contributed by atoms with Gasteiger partial charge in [0.05, 0.1) is 27.9 Å². The minimum Gasteiger partial charge on any atom is -0.311 e. The number of hydrogen-bond acceptors (Lipinski definition) is 4. The summed E-state index contributed by atoms with van der Waals surface area (Å²) in [5, 5.41) is 5.77. The minimum absolute atomic E-state index is 0.690. The maximum Gasteiger partial charge on any atom is 0.160 e. The molecule has 0 unspecified atom stereocenters. The Hall–Kier alpha value is -10.4. The third-order valence-corrected chi connectivity index (χ3v) is 14.7. The fourth-order valence-corrected chi connectivity index (χ4v) is 11.1. The zero-order valence-corrected chi connectivity index (χ0v) is 42.0. The number of aromatic nitrogens is 3. The van der Waals surface area contributed by atoms with Gasteiger partial charge in [0.25, 0.3) is 0 Å². The van der Waals surface area contributed by atoms with Gasteiger partial charge in [0.2, 0.25) is 0 Å². The van der Waals surface area contributed by atoms with Crippen LogP contribution in [0.2, 0.25) is 0 Å². The van der Waals surface area contributed by atoms with Crippen molar-refractivity contribution in [1.82, 2.24) is 14.5 Å². The molecule has 5 heteroatoms. The van der Waals surface area contributed by atoms with Crippen LogP contribution in [0.15, 0.2) is 297 Å². The molecule has 0 aliphatic rings. The first-order valence-electron chi connectivity index (χ1n) is 26.1. The number of rotatable bonds is 11. The average Bonchev–Trinajstić information content (AvgIpc) is 3.85. The second-order valence-corrected chi connectivity index (χ2v) is 19.4. The molecule has 0 N–H and O–H groups in total. The maximum absolute atomic E-state index is 5.31. The van der Waals surface area contributed by atoms with E-state index in [1.807, 2.05) is 6.07 Å². The van der Waals surface area contributed by atoms with Gasteiger partial charge in [0.15, 0.2) is 5.82 Å². The number of anilines is 6. The highest BCUT2D eigenvalue weighted by Crippen LogP contribution is 2.43. The molecule has 0 bridgehead atoms. The Balaban J connectivity index is 0.868. The zero-order chi connectivity index (χ0) is 51.1. The van der Waals surface area contributed by atoms with Crippen LogP contribution in [0.5, 0.6) is 0 Å². The molecule has 2 heterocycles. The van der Waals surface area contributed by atoms with Crippen molar-refractivity contribution in [3.05, 3.63) is 297 Å². The summed E-state index contributed by atoms with van der Waals surface area (Å²) >= 11 is 0. The van der Waals surface area contributed by atoms with Crippen molar-refractivity contribution < 1.29 is 0 Å². The Morgan fingerprint density at radius 3 is 1.55 bits per heavy atom. The third kappa shape index (κ3) is 8.42. The first-order valence-corrected chi connectivity index (χ1v) is 26.1. The van der Waals surface area contributed by atoms with Crippen LogP contribution in [0.3, 0.4) is 0 Å². The highest BCUT2D eigenvalue weighted by molar-refractivity contribution is 6.10. The molecule has 77 heavy (non-hydrogen) atoms. The Morgan fingerprint density at radius 2 is 0.779 bits per heavy atom. The van der Waals surface area contributed by atoms with Crippen LogP contribution in [-0.4, -0.2) is 14.5 Å². The minimum atomic E-state index is 0.690. The summed E-state index contributed by atoms with van der Waals surface area (Å²) in [5.41, 5.74) is 18.2. The molecule has 0 saturated carbocycles. The quantitative estimate of drug-likeness (QED) is 0.129. The number of para-hydroxylation sites is 4. The van der Waals surface area contributed by atoms with Crippen LogP contribution < -0.4 is 9.80 Å². The second-order valence-electron chi connectivity index (χ2n) is 19.4. The van der Waals surface area contributed by atoms with Crippen molar-refractivity contribution in [3.8, 4) is 50.6 Å². The molecule has 0 aliphatic carbocycles. The lowest BCUT2D eigenvalue weighted by molar-refractivity contribution is 1.17. The van der Waals surface area contributed by atoms with Crippen LogP contribution in [0.4, 0.5) is 34.1 Å². The topological polar surface area (TPSA) is 37.2 Å². The van der Waals surface area contributed by atoms with E-state index in [4.69, 9.17) is 9.97 Å². The maximum atomic E-state index is 5.31. The van der Waals surface area contributed by atoms with E-state index in [1.165, 1.54) is 32.7 Å². The summed E-state index contributed by atoms with van der Waals surface area (Å²) in [7, 11) is 0. The van der Waals surface area contributed by atoms with E-state index in [0.717, 1.165) is 89.7 Å². The molecular formula is C72H49N5. The summed E-state index contributed by atoms with van der Waals surface area (Å²) in [6.07, 6.45) is 0. The van der Waals surface area contributed by atoms with Gasteiger partial charge in [-0.1, -0.05) is 200 Å². The van der Waals surface area contributed by atoms with E-state index in [9.17, 15) is 0 Å². The Bertz CT molecular complexity index is 4390. The summed E-state index contributed by atoms with van der Waals surface area (Å²) in [4.78, 5) is 15.2. The largest absolute Gasteiger partial charge is 0.311 e. The van der Waals surface area contributed by atoms with Crippen LogP contribution in [0.1, 0.15) is 0 Å². The van der Waals surface area contributed by atoms with Crippen LogP contribution in [-0.2, 0) is 0 Å². The molecule has 14 rings (SSSR count). The van der Waals surface area contributed by atoms with Crippen molar-refractivity contribution in [2.45, 2.75) is 0 Å². The zero-order valence-electron chi connectivity index (χ0n) is 42.0. The molecule has 2 aromatic heterocycles. The molecule has 0 aliphatic heterocycles. The van der Waals surface area contributed by atoms with Crippen molar-refractivity contribution >= 4 is 77.6 Å². The van der Waals surface area contributed by atoms with Gasteiger partial charge in [-0.3, -0.25) is 0 Å². The standard InChI is InChI=1S/C72H49N5/c1-4-19-50(20-5-1)51-37-39-53(40-38-51)71-66-33-12-14-34-67(66)73-72(74-71)56-24-16-23-54(47-56)55-41-46-65-64-32-13-15-35-69(64)77(70(65)48-55)62-30-18-29-61(49-62)76(68-36-17-22-52-21-10-11-31-63(52)68)60-44-42-59(43-45-60)75(57-25-6-2-7-26-57)58-27-8-3-9-28-58/h1-49H. The normalized spacial score (nSPS) is 11.4. The Kier molecular flexibility index (Phi) is 11.5. The van der Waals surface area contributed by atoms with E-state index in [2.05, 4.69) is 306 Å². The first kappa shape index (κ1) is 45.3. The van der Waals surface area contributed by atoms with Crippen LogP contribution in [0.25, 0.3) is 94.1 Å². The SMILES string of the molecule is c1ccc(-c2ccc(-c3nc(-c4cccc(-c5ccc6c7ccccc7n(-c7cccc(N(c8ccc(N(c9ccccc9)c9ccccc9)cc8)c8cccc9ccccc89)c7)c6c5)c4)nc4ccccc34)cc2)cc1. The number of fused-ring (bicyclic) bond motifs is 5.